The lowest BCUT2D eigenvalue weighted by Crippen LogP contribution is -2.35. The third kappa shape index (κ3) is 12.2. The van der Waals surface area contributed by atoms with Gasteiger partial charge in [-0.3, -0.25) is 9.59 Å². The molecule has 0 aliphatic rings. The van der Waals surface area contributed by atoms with E-state index in [1.165, 1.54) is 0 Å². The molecule has 122 valence electrons. The fourth-order valence-electron chi connectivity index (χ4n) is 1.49. The van der Waals surface area contributed by atoms with Crippen LogP contribution in [0.5, 0.6) is 0 Å². The molecule has 0 radical (unpaired) electrons. The molecule has 0 aromatic rings. The minimum absolute atomic E-state index is 0.0304. The molecule has 0 saturated heterocycles. The Balaban J connectivity index is 3.59. The topological polar surface area (TPSA) is 58.2 Å². The summed E-state index contributed by atoms with van der Waals surface area (Å²) in [4.78, 5) is 23.1. The first-order chi connectivity index (χ1) is 9.52. The Bertz CT molecular complexity index is 360. The van der Waals surface area contributed by atoms with Crippen molar-refractivity contribution in [2.45, 2.75) is 60.8 Å². The average molecular weight is 296 g/mol. The van der Waals surface area contributed by atoms with Crippen LogP contribution in [0.1, 0.15) is 60.8 Å². The third-order valence-electron chi connectivity index (χ3n) is 2.85. The predicted octanol–water partition coefficient (Wildman–Crippen LogP) is 3.04. The molecule has 2 N–H and O–H groups in total. The van der Waals surface area contributed by atoms with E-state index in [1.807, 2.05) is 26.8 Å². The maximum atomic E-state index is 11.6. The van der Waals surface area contributed by atoms with Gasteiger partial charge in [-0.05, 0) is 30.8 Å². The summed E-state index contributed by atoms with van der Waals surface area (Å²) in [6.07, 6.45) is 6.37. The largest absolute Gasteiger partial charge is 0.356 e. The molecule has 0 heterocycles. The molecule has 0 aromatic carbocycles. The third-order valence-corrected chi connectivity index (χ3v) is 2.85. The van der Waals surface area contributed by atoms with Crippen molar-refractivity contribution in [1.82, 2.24) is 10.6 Å². The van der Waals surface area contributed by atoms with Gasteiger partial charge in [0.25, 0.3) is 0 Å². The standard InChI is InChI=1S/C17H32N2O2/c1-16(2,3)11-10-14(20)18-12-8-7-9-13-19-15(21)17(4,5)6/h10-11H,7-9,12-13H2,1-6H3,(H,18,20)(H,19,21)/b11-10+. The number of carbonyl (C=O) groups excluding carboxylic acids is 2. The molecule has 0 spiro atoms. The van der Waals surface area contributed by atoms with Crippen molar-refractivity contribution in [3.8, 4) is 0 Å². The Hall–Kier alpha value is -1.32. The molecule has 0 aliphatic heterocycles. The van der Waals surface area contributed by atoms with Gasteiger partial charge in [0.2, 0.25) is 11.8 Å². The summed E-state index contributed by atoms with van der Waals surface area (Å²) in [7, 11) is 0. The van der Waals surface area contributed by atoms with Gasteiger partial charge >= 0.3 is 0 Å². The van der Waals surface area contributed by atoms with Crippen molar-refractivity contribution in [2.75, 3.05) is 13.1 Å². The summed E-state index contributed by atoms with van der Waals surface area (Å²) < 4.78 is 0. The number of rotatable bonds is 7. The number of allylic oxidation sites excluding steroid dienone is 1. The van der Waals surface area contributed by atoms with E-state index in [9.17, 15) is 9.59 Å². The molecule has 0 atom stereocenters. The average Bonchev–Trinajstić information content (AvgIpc) is 2.32. The maximum absolute atomic E-state index is 11.6. The summed E-state index contributed by atoms with van der Waals surface area (Å²) in [6.45, 7) is 13.3. The van der Waals surface area contributed by atoms with Gasteiger partial charge in [0.05, 0.1) is 0 Å². The van der Waals surface area contributed by atoms with Crippen molar-refractivity contribution in [1.29, 1.82) is 0 Å². The molecule has 21 heavy (non-hydrogen) atoms. The second-order valence-electron chi connectivity index (χ2n) is 7.56. The molecule has 4 heteroatoms. The zero-order valence-electron chi connectivity index (χ0n) is 14.5. The minimum Gasteiger partial charge on any atom is -0.356 e. The van der Waals surface area contributed by atoms with Gasteiger partial charge in [-0.2, -0.15) is 0 Å². The van der Waals surface area contributed by atoms with Gasteiger partial charge < -0.3 is 10.6 Å². The lowest BCUT2D eigenvalue weighted by atomic mass is 9.96. The quantitative estimate of drug-likeness (QED) is 0.560. The van der Waals surface area contributed by atoms with Crippen LogP contribution >= 0.6 is 0 Å². The number of hydrogen-bond acceptors (Lipinski definition) is 2. The van der Waals surface area contributed by atoms with Crippen LogP contribution in [-0.4, -0.2) is 24.9 Å². The minimum atomic E-state index is -0.326. The van der Waals surface area contributed by atoms with Gasteiger partial charge in [0.15, 0.2) is 0 Å². The van der Waals surface area contributed by atoms with Gasteiger partial charge in [0.1, 0.15) is 0 Å². The fourth-order valence-corrected chi connectivity index (χ4v) is 1.49. The van der Waals surface area contributed by atoms with E-state index in [1.54, 1.807) is 6.08 Å². The van der Waals surface area contributed by atoms with E-state index < -0.39 is 0 Å². The van der Waals surface area contributed by atoms with Gasteiger partial charge in [-0.25, -0.2) is 0 Å². The number of hydrogen-bond donors (Lipinski definition) is 2. The lowest BCUT2D eigenvalue weighted by Gasteiger charge is -2.17. The van der Waals surface area contributed by atoms with Gasteiger partial charge in [0, 0.05) is 18.5 Å². The monoisotopic (exact) mass is 296 g/mol. The van der Waals surface area contributed by atoms with Crippen molar-refractivity contribution in [3.05, 3.63) is 12.2 Å². The zero-order chi connectivity index (χ0) is 16.5. The highest BCUT2D eigenvalue weighted by Gasteiger charge is 2.19. The van der Waals surface area contributed by atoms with E-state index in [0.717, 1.165) is 19.3 Å². The molecule has 0 aromatic heterocycles. The summed E-state index contributed by atoms with van der Waals surface area (Å²) >= 11 is 0. The highest BCUT2D eigenvalue weighted by Crippen LogP contribution is 2.14. The first-order valence-electron chi connectivity index (χ1n) is 7.78. The molecule has 0 rings (SSSR count). The number of carbonyl (C=O) groups is 2. The van der Waals surface area contributed by atoms with Crippen molar-refractivity contribution in [2.24, 2.45) is 10.8 Å². The Morgan fingerprint density at radius 1 is 0.857 bits per heavy atom. The van der Waals surface area contributed by atoms with E-state index in [0.29, 0.717) is 13.1 Å². The highest BCUT2D eigenvalue weighted by molar-refractivity contribution is 5.87. The number of amides is 2. The molecule has 0 unspecified atom stereocenters. The van der Waals surface area contributed by atoms with Crippen LogP contribution in [0.25, 0.3) is 0 Å². The van der Waals surface area contributed by atoms with Crippen molar-refractivity contribution in [3.63, 3.8) is 0 Å². The normalized spacial score (nSPS) is 12.5. The summed E-state index contributed by atoms with van der Waals surface area (Å²) in [6, 6.07) is 0. The van der Waals surface area contributed by atoms with E-state index in [2.05, 4.69) is 31.4 Å². The molecule has 0 aliphatic carbocycles. The van der Waals surface area contributed by atoms with E-state index >= 15 is 0 Å². The fraction of sp³-hybridized carbons (Fsp3) is 0.765. The molecule has 0 bridgehead atoms. The molecule has 2 amide bonds. The van der Waals surface area contributed by atoms with Crippen molar-refractivity contribution >= 4 is 11.8 Å². The molecule has 0 fully saturated rings. The summed E-state index contributed by atoms with van der Waals surface area (Å²) in [5.41, 5.74) is -0.296. The highest BCUT2D eigenvalue weighted by atomic mass is 16.2. The second kappa shape index (κ2) is 8.85. The maximum Gasteiger partial charge on any atom is 0.243 e. The molecule has 0 saturated carbocycles. The zero-order valence-corrected chi connectivity index (χ0v) is 14.5. The van der Waals surface area contributed by atoms with Gasteiger partial charge in [-0.1, -0.05) is 47.6 Å². The smallest absolute Gasteiger partial charge is 0.243 e. The Morgan fingerprint density at radius 3 is 1.86 bits per heavy atom. The van der Waals surface area contributed by atoms with E-state index in [4.69, 9.17) is 0 Å². The first-order valence-corrected chi connectivity index (χ1v) is 7.78. The number of nitrogens with one attached hydrogen (secondary N) is 2. The lowest BCUT2D eigenvalue weighted by molar-refractivity contribution is -0.128. The predicted molar refractivity (Wildman–Crippen MR) is 87.9 cm³/mol. The molecular formula is C17H32N2O2. The van der Waals surface area contributed by atoms with Crippen LogP contribution in [0, 0.1) is 10.8 Å². The van der Waals surface area contributed by atoms with Crippen LogP contribution in [0.15, 0.2) is 12.2 Å². The Morgan fingerprint density at radius 2 is 1.38 bits per heavy atom. The van der Waals surface area contributed by atoms with Gasteiger partial charge in [-0.15, -0.1) is 0 Å². The second-order valence-corrected chi connectivity index (χ2v) is 7.56. The van der Waals surface area contributed by atoms with Crippen LogP contribution in [0.3, 0.4) is 0 Å². The van der Waals surface area contributed by atoms with Crippen LogP contribution in [-0.2, 0) is 9.59 Å². The van der Waals surface area contributed by atoms with Crippen LogP contribution in [0.2, 0.25) is 0 Å². The van der Waals surface area contributed by atoms with Crippen LogP contribution in [0.4, 0.5) is 0 Å². The van der Waals surface area contributed by atoms with Crippen molar-refractivity contribution < 1.29 is 9.59 Å². The SMILES string of the molecule is CC(C)(C)/C=C/C(=O)NCCCCCNC(=O)C(C)(C)C. The summed E-state index contributed by atoms with van der Waals surface area (Å²) in [5, 5.41) is 5.79. The van der Waals surface area contributed by atoms with E-state index in [-0.39, 0.29) is 22.6 Å². The first kappa shape index (κ1) is 19.7. The molecule has 4 nitrogen and oxygen atoms in total. The van der Waals surface area contributed by atoms with Crippen LogP contribution < -0.4 is 10.6 Å². The number of unbranched alkanes of at least 4 members (excludes halogenated alkanes) is 2. The molecular weight excluding hydrogens is 264 g/mol. The Kier molecular flexibility index (Phi) is 8.30. The summed E-state index contributed by atoms with van der Waals surface area (Å²) in [5.74, 6) is 0.0501. The Labute approximate surface area is 129 Å².